The fourth-order valence-corrected chi connectivity index (χ4v) is 2.45. The summed E-state index contributed by atoms with van der Waals surface area (Å²) < 4.78 is 1.43. The molecule has 3 aromatic rings. The summed E-state index contributed by atoms with van der Waals surface area (Å²) in [4.78, 5) is 12.8. The van der Waals surface area contributed by atoms with Gasteiger partial charge in [-0.1, -0.05) is 23.4 Å². The average Bonchev–Trinajstić information content (AvgIpc) is 2.82. The highest BCUT2D eigenvalue weighted by atomic mass is 35.5. The number of anilines is 1. The Hall–Kier alpha value is -1.86. The van der Waals surface area contributed by atoms with Gasteiger partial charge in [-0.3, -0.25) is 0 Å². The van der Waals surface area contributed by atoms with Gasteiger partial charge in [0.25, 0.3) is 5.78 Å². The van der Waals surface area contributed by atoms with Gasteiger partial charge in [0.1, 0.15) is 0 Å². The minimum Gasteiger partial charge on any atom is -0.368 e. The molecule has 0 bridgehead atoms. The van der Waals surface area contributed by atoms with Crippen LogP contribution in [0.4, 0.5) is 5.95 Å². The van der Waals surface area contributed by atoms with Crippen LogP contribution in [0.5, 0.6) is 0 Å². The maximum absolute atomic E-state index is 5.96. The lowest BCUT2D eigenvalue weighted by molar-refractivity contribution is 0.851. The molecule has 0 aliphatic carbocycles. The lowest BCUT2D eigenvalue weighted by Crippen LogP contribution is -2.04. The highest BCUT2D eigenvalue weighted by Crippen LogP contribution is 2.24. The maximum atomic E-state index is 5.96. The van der Waals surface area contributed by atoms with Crippen LogP contribution in [0, 0.1) is 6.92 Å². The summed E-state index contributed by atoms with van der Waals surface area (Å²) in [5, 5.41) is 5.60. The monoisotopic (exact) mass is 306 g/mol. The van der Waals surface area contributed by atoms with Gasteiger partial charge in [-0.15, -0.1) is 5.10 Å². The topological polar surface area (TPSA) is 82.0 Å². The van der Waals surface area contributed by atoms with Gasteiger partial charge < -0.3 is 5.73 Å². The van der Waals surface area contributed by atoms with Crippen molar-refractivity contribution in [1.29, 1.82) is 0 Å². The van der Waals surface area contributed by atoms with E-state index in [4.69, 9.17) is 17.3 Å². The lowest BCUT2D eigenvalue weighted by atomic mass is 10.1. The van der Waals surface area contributed by atoms with Gasteiger partial charge >= 0.3 is 0 Å². The number of aryl methyl sites for hydroxylation is 1. The molecule has 0 saturated carbocycles. The van der Waals surface area contributed by atoms with E-state index < -0.39 is 0 Å². The second-order valence-corrected chi connectivity index (χ2v) is 5.38. The fourth-order valence-electron chi connectivity index (χ4n) is 1.87. The van der Waals surface area contributed by atoms with Crippen LogP contribution in [-0.2, 0) is 0 Å². The second kappa shape index (κ2) is 4.92. The Kier molecular flexibility index (Phi) is 3.23. The Labute approximate surface area is 124 Å². The number of rotatable bonds is 2. The smallest absolute Gasteiger partial charge is 0.258 e. The molecule has 0 atom stereocenters. The predicted molar refractivity (Wildman–Crippen MR) is 80.0 cm³/mol. The standard InChI is InChI=1S/C12H11ClN6S/c1-6-5-7(13)3-4-8(6)9-15-11-17-12(20-2)16-10(14)19(11)18-9/h3-5H,1-2H3,(H2,14,15,16,17,18). The molecule has 2 aromatic heterocycles. The molecule has 0 aliphatic rings. The van der Waals surface area contributed by atoms with Crippen molar-refractivity contribution in [3.8, 4) is 11.4 Å². The van der Waals surface area contributed by atoms with Crippen LogP contribution in [0.3, 0.4) is 0 Å². The summed E-state index contributed by atoms with van der Waals surface area (Å²) in [5.41, 5.74) is 7.75. The Morgan fingerprint density at radius 2 is 2.05 bits per heavy atom. The third kappa shape index (κ3) is 2.19. The number of halogens is 1. The molecule has 2 heterocycles. The number of aromatic nitrogens is 5. The van der Waals surface area contributed by atoms with E-state index in [0.717, 1.165) is 11.1 Å². The molecule has 102 valence electrons. The Bertz CT molecular complexity index is 800. The number of hydrogen-bond donors (Lipinski definition) is 1. The Balaban J connectivity index is 2.20. The van der Waals surface area contributed by atoms with Crippen molar-refractivity contribution in [2.45, 2.75) is 12.1 Å². The SMILES string of the molecule is CSc1nc(N)n2nc(-c3ccc(Cl)cc3C)nc2n1. The minimum absolute atomic E-state index is 0.268. The maximum Gasteiger partial charge on any atom is 0.258 e. The first-order chi connectivity index (χ1) is 9.58. The van der Waals surface area contributed by atoms with Gasteiger partial charge in [-0.05, 0) is 36.9 Å². The van der Waals surface area contributed by atoms with E-state index in [1.54, 1.807) is 6.07 Å². The molecule has 2 N–H and O–H groups in total. The lowest BCUT2D eigenvalue weighted by Gasteiger charge is -2.00. The van der Waals surface area contributed by atoms with Gasteiger partial charge in [0.15, 0.2) is 11.0 Å². The van der Waals surface area contributed by atoms with Gasteiger partial charge in [0.05, 0.1) is 0 Å². The van der Waals surface area contributed by atoms with Crippen LogP contribution in [-0.4, -0.2) is 30.8 Å². The van der Waals surface area contributed by atoms with Crippen molar-refractivity contribution in [3.05, 3.63) is 28.8 Å². The number of nitrogens with zero attached hydrogens (tertiary/aromatic N) is 5. The third-order valence-corrected chi connectivity index (χ3v) is 3.61. The molecule has 0 radical (unpaired) electrons. The molecule has 3 rings (SSSR count). The Morgan fingerprint density at radius 1 is 1.25 bits per heavy atom. The molecule has 0 fully saturated rings. The molecule has 0 spiro atoms. The minimum atomic E-state index is 0.268. The number of thioether (sulfide) groups is 1. The molecule has 8 heteroatoms. The molecule has 1 aromatic carbocycles. The quantitative estimate of drug-likeness (QED) is 0.732. The van der Waals surface area contributed by atoms with Crippen molar-refractivity contribution in [2.75, 3.05) is 12.0 Å². The number of nitrogen functional groups attached to an aromatic ring is 1. The molecule has 20 heavy (non-hydrogen) atoms. The molecular weight excluding hydrogens is 296 g/mol. The summed E-state index contributed by atoms with van der Waals surface area (Å²) in [7, 11) is 0. The van der Waals surface area contributed by atoms with E-state index in [9.17, 15) is 0 Å². The van der Waals surface area contributed by atoms with Crippen LogP contribution in [0.15, 0.2) is 23.4 Å². The largest absolute Gasteiger partial charge is 0.368 e. The van der Waals surface area contributed by atoms with Crippen molar-refractivity contribution in [1.82, 2.24) is 24.6 Å². The van der Waals surface area contributed by atoms with E-state index in [-0.39, 0.29) is 5.95 Å². The van der Waals surface area contributed by atoms with Gasteiger partial charge in [0, 0.05) is 10.6 Å². The van der Waals surface area contributed by atoms with Gasteiger partial charge in [-0.25, -0.2) is 0 Å². The van der Waals surface area contributed by atoms with E-state index in [2.05, 4.69) is 20.1 Å². The van der Waals surface area contributed by atoms with Crippen molar-refractivity contribution >= 4 is 35.1 Å². The van der Waals surface area contributed by atoms with E-state index in [1.807, 2.05) is 25.3 Å². The number of benzene rings is 1. The highest BCUT2D eigenvalue weighted by molar-refractivity contribution is 7.98. The van der Waals surface area contributed by atoms with Gasteiger partial charge in [0.2, 0.25) is 5.95 Å². The zero-order valence-electron chi connectivity index (χ0n) is 10.8. The van der Waals surface area contributed by atoms with Crippen molar-refractivity contribution < 1.29 is 0 Å². The summed E-state index contributed by atoms with van der Waals surface area (Å²) in [6.07, 6.45) is 1.88. The van der Waals surface area contributed by atoms with E-state index in [0.29, 0.717) is 21.8 Å². The molecule has 6 nitrogen and oxygen atoms in total. The predicted octanol–water partition coefficient (Wildman–Crippen LogP) is 2.45. The summed E-state index contributed by atoms with van der Waals surface area (Å²) >= 11 is 7.36. The van der Waals surface area contributed by atoms with Crippen molar-refractivity contribution in [3.63, 3.8) is 0 Å². The molecular formula is C12H11ClN6S. The Morgan fingerprint density at radius 3 is 2.75 bits per heavy atom. The number of nitrogens with two attached hydrogens (primary N) is 1. The third-order valence-electron chi connectivity index (χ3n) is 2.82. The zero-order valence-corrected chi connectivity index (χ0v) is 12.4. The average molecular weight is 307 g/mol. The molecule has 0 saturated heterocycles. The van der Waals surface area contributed by atoms with Crippen LogP contribution in [0.1, 0.15) is 5.56 Å². The summed E-state index contributed by atoms with van der Waals surface area (Å²) in [6, 6.07) is 5.55. The summed E-state index contributed by atoms with van der Waals surface area (Å²) in [6.45, 7) is 1.95. The molecule has 0 amide bonds. The number of fused-ring (bicyclic) bond motifs is 1. The fraction of sp³-hybridized carbons (Fsp3) is 0.167. The zero-order chi connectivity index (χ0) is 14.3. The first-order valence-corrected chi connectivity index (χ1v) is 7.39. The first kappa shape index (κ1) is 13.1. The molecule has 0 unspecified atom stereocenters. The number of hydrogen-bond acceptors (Lipinski definition) is 6. The molecule has 0 aliphatic heterocycles. The van der Waals surface area contributed by atoms with Crippen LogP contribution >= 0.6 is 23.4 Å². The van der Waals surface area contributed by atoms with Crippen LogP contribution < -0.4 is 5.73 Å². The summed E-state index contributed by atoms with van der Waals surface area (Å²) in [5.74, 6) is 1.26. The van der Waals surface area contributed by atoms with Gasteiger partial charge in [-0.2, -0.15) is 19.5 Å². The van der Waals surface area contributed by atoms with Crippen LogP contribution in [0.2, 0.25) is 5.02 Å². The normalized spacial score (nSPS) is 11.2. The van der Waals surface area contributed by atoms with E-state index in [1.165, 1.54) is 16.3 Å². The van der Waals surface area contributed by atoms with Crippen molar-refractivity contribution in [2.24, 2.45) is 0 Å². The highest BCUT2D eigenvalue weighted by Gasteiger charge is 2.13. The second-order valence-electron chi connectivity index (χ2n) is 4.17. The van der Waals surface area contributed by atoms with Crippen LogP contribution in [0.25, 0.3) is 17.2 Å². The van der Waals surface area contributed by atoms with E-state index >= 15 is 0 Å². The first-order valence-electron chi connectivity index (χ1n) is 5.79.